The Morgan fingerprint density at radius 2 is 1.81 bits per heavy atom. The molecule has 1 fully saturated rings. The molecule has 1 aliphatic rings. The predicted octanol–water partition coefficient (Wildman–Crippen LogP) is 0.0908. The summed E-state index contributed by atoms with van der Waals surface area (Å²) in [7, 11) is 1.18. The van der Waals surface area contributed by atoms with E-state index >= 15 is 0 Å². The lowest BCUT2D eigenvalue weighted by Crippen LogP contribution is -2.38. The van der Waals surface area contributed by atoms with Crippen LogP contribution in [0.25, 0.3) is 0 Å². The van der Waals surface area contributed by atoms with Crippen LogP contribution in [0.2, 0.25) is 0 Å². The molecule has 2 radical (unpaired) electrons. The van der Waals surface area contributed by atoms with Gasteiger partial charge in [0.05, 0.1) is 17.8 Å². The summed E-state index contributed by atoms with van der Waals surface area (Å²) in [4.78, 5) is 9.93. The highest BCUT2D eigenvalue weighted by atomic mass is 31.2. The molecule has 0 saturated carbocycles. The van der Waals surface area contributed by atoms with Crippen molar-refractivity contribution >= 4 is 15.4 Å². The zero-order valence-electron chi connectivity index (χ0n) is 12.8. The van der Waals surface area contributed by atoms with Crippen molar-refractivity contribution in [2.45, 2.75) is 75.8 Å². The van der Waals surface area contributed by atoms with Crippen molar-refractivity contribution in [3.63, 3.8) is 0 Å². The van der Waals surface area contributed by atoms with Gasteiger partial charge in [0.25, 0.3) is 0 Å². The minimum absolute atomic E-state index is 0.0310. The van der Waals surface area contributed by atoms with Crippen molar-refractivity contribution in [1.82, 2.24) is 0 Å². The molecular weight excluding hydrogens is 298 g/mol. The normalized spacial score (nSPS) is 36.2. The monoisotopic (exact) mass is 322 g/mol. The van der Waals surface area contributed by atoms with Crippen molar-refractivity contribution in [2.24, 2.45) is 0 Å². The van der Waals surface area contributed by atoms with Gasteiger partial charge in [-0.05, 0) is 27.2 Å². The van der Waals surface area contributed by atoms with Crippen LogP contribution < -0.4 is 0 Å². The van der Waals surface area contributed by atoms with E-state index in [1.54, 1.807) is 6.92 Å². The van der Waals surface area contributed by atoms with Gasteiger partial charge in [-0.3, -0.25) is 4.57 Å². The molecule has 4 N–H and O–H groups in total. The summed E-state index contributed by atoms with van der Waals surface area (Å²) in [6, 6.07) is -1.01. The van der Waals surface area contributed by atoms with Crippen molar-refractivity contribution in [3.8, 4) is 0 Å². The summed E-state index contributed by atoms with van der Waals surface area (Å²) >= 11 is 0. The molecule has 6 atom stereocenters. The second-order valence-electron chi connectivity index (χ2n) is 6.27. The Hall–Kier alpha value is 0.0549. The van der Waals surface area contributed by atoms with Gasteiger partial charge in [0.2, 0.25) is 0 Å². The fraction of sp³-hybridized carbons (Fsp3) is 1.00. The van der Waals surface area contributed by atoms with E-state index in [4.69, 9.17) is 17.1 Å². The summed E-state index contributed by atoms with van der Waals surface area (Å²) in [6.07, 6.45) is -3.17. The Bertz CT molecular complexity index is 414. The van der Waals surface area contributed by atoms with Crippen LogP contribution in [-0.4, -0.2) is 63.3 Å². The van der Waals surface area contributed by atoms with Gasteiger partial charge in [0.15, 0.2) is 5.34 Å². The van der Waals surface area contributed by atoms with Crippen LogP contribution in [0.4, 0.5) is 0 Å². The van der Waals surface area contributed by atoms with E-state index in [-0.39, 0.29) is 12.8 Å². The fourth-order valence-corrected chi connectivity index (χ4v) is 3.44. The lowest BCUT2D eigenvalue weighted by molar-refractivity contribution is -0.0359. The van der Waals surface area contributed by atoms with Crippen LogP contribution in [0, 0.1) is 0 Å². The maximum atomic E-state index is 12.2. The molecule has 7 nitrogen and oxygen atoms in total. The fourth-order valence-electron chi connectivity index (χ4n) is 2.10. The first-order valence-electron chi connectivity index (χ1n) is 6.86. The first kappa shape index (κ1) is 19.1. The lowest BCUT2D eigenvalue weighted by Gasteiger charge is -2.35. The average Bonchev–Trinajstić information content (AvgIpc) is 2.54. The second kappa shape index (κ2) is 6.28. The third kappa shape index (κ3) is 4.29. The van der Waals surface area contributed by atoms with E-state index in [9.17, 15) is 24.8 Å². The summed E-state index contributed by atoms with van der Waals surface area (Å²) in [5.41, 5.74) is -1.17. The molecule has 0 aromatic heterocycles. The summed E-state index contributed by atoms with van der Waals surface area (Å²) in [6.45, 7) is 5.87. The van der Waals surface area contributed by atoms with Crippen LogP contribution in [0.5, 0.6) is 0 Å². The van der Waals surface area contributed by atoms with Crippen molar-refractivity contribution < 1.29 is 34.0 Å². The lowest BCUT2D eigenvalue weighted by atomic mass is 9.91. The molecule has 0 aromatic rings. The van der Waals surface area contributed by atoms with Crippen molar-refractivity contribution in [1.29, 1.82) is 0 Å². The molecule has 0 aromatic carbocycles. The van der Waals surface area contributed by atoms with E-state index in [2.05, 4.69) is 0 Å². The third-order valence-corrected chi connectivity index (χ3v) is 6.02. The summed E-state index contributed by atoms with van der Waals surface area (Å²) in [5, 5.41) is 27.4. The van der Waals surface area contributed by atoms with Gasteiger partial charge in [-0.1, -0.05) is 6.92 Å². The van der Waals surface area contributed by atoms with E-state index in [1.807, 2.05) is 0 Å². The minimum Gasteiger partial charge on any atom is -0.388 e. The van der Waals surface area contributed by atoms with E-state index in [1.165, 1.54) is 20.8 Å². The van der Waals surface area contributed by atoms with E-state index in [0.717, 1.165) is 0 Å². The molecular formula is C12H24BO7P. The Morgan fingerprint density at radius 1 is 1.29 bits per heavy atom. The van der Waals surface area contributed by atoms with Gasteiger partial charge in [-0.15, -0.1) is 0 Å². The largest absolute Gasteiger partial charge is 0.388 e. The van der Waals surface area contributed by atoms with Crippen LogP contribution in [0.3, 0.4) is 0 Å². The Morgan fingerprint density at radius 3 is 2.19 bits per heavy atom. The molecule has 21 heavy (non-hydrogen) atoms. The van der Waals surface area contributed by atoms with Crippen molar-refractivity contribution in [2.75, 3.05) is 0 Å². The number of ether oxygens (including phenoxy) is 1. The number of hydrogen-bond donors (Lipinski definition) is 4. The van der Waals surface area contributed by atoms with Crippen LogP contribution in [0.1, 0.15) is 40.5 Å². The number of aliphatic hydroxyl groups is 3. The molecule has 122 valence electrons. The molecule has 0 aliphatic carbocycles. The Kier molecular flexibility index (Phi) is 5.71. The minimum atomic E-state index is -4.30. The average molecular weight is 322 g/mol. The van der Waals surface area contributed by atoms with Crippen LogP contribution in [-0.2, 0) is 13.8 Å². The second-order valence-corrected chi connectivity index (χ2v) is 8.45. The van der Waals surface area contributed by atoms with Gasteiger partial charge < -0.3 is 29.5 Å². The topological polar surface area (TPSA) is 116 Å². The number of aliphatic hydroxyl groups excluding tert-OH is 2. The zero-order valence-corrected chi connectivity index (χ0v) is 13.7. The molecule has 9 heteroatoms. The summed E-state index contributed by atoms with van der Waals surface area (Å²) < 4.78 is 22.6. The molecule has 0 spiro atoms. The SMILES string of the molecule is [B][C@@H]1O[C@H](CC(C)(C)OP(=O)(O)C(C)(O)CC)C(O)[C@@H]1O. The first-order chi connectivity index (χ1) is 9.33. The quantitative estimate of drug-likeness (QED) is 0.404. The van der Waals surface area contributed by atoms with Gasteiger partial charge in [-0.2, -0.15) is 0 Å². The highest BCUT2D eigenvalue weighted by Gasteiger charge is 2.48. The molecule has 3 unspecified atom stereocenters. The van der Waals surface area contributed by atoms with E-state index < -0.39 is 42.9 Å². The maximum Gasteiger partial charge on any atom is 0.359 e. The highest BCUT2D eigenvalue weighted by Crippen LogP contribution is 2.58. The van der Waals surface area contributed by atoms with Gasteiger partial charge in [0, 0.05) is 12.4 Å². The number of rotatable bonds is 6. The zero-order chi connectivity index (χ0) is 16.6. The highest BCUT2D eigenvalue weighted by molar-refractivity contribution is 7.54. The summed E-state index contributed by atoms with van der Waals surface area (Å²) in [5.74, 6) is 0. The molecule has 1 saturated heterocycles. The molecule has 1 heterocycles. The maximum absolute atomic E-state index is 12.2. The predicted molar refractivity (Wildman–Crippen MR) is 76.9 cm³/mol. The van der Waals surface area contributed by atoms with Crippen LogP contribution in [0.15, 0.2) is 0 Å². The molecule has 0 bridgehead atoms. The Labute approximate surface area is 126 Å². The standard InChI is InChI=1S/C12H24BO7P/c1-5-12(4,16)21(17,18)20-11(2,3)6-7-8(14)9(15)10(13)19-7/h7-10,14-16H,5-6H2,1-4H3,(H,17,18)/t7-,8?,9+,10-,12?/m1/s1. The molecule has 0 amide bonds. The van der Waals surface area contributed by atoms with Crippen LogP contribution >= 0.6 is 7.60 Å². The molecule has 1 aliphatic heterocycles. The Balaban J connectivity index is 2.77. The first-order valence-corrected chi connectivity index (χ1v) is 8.44. The molecule has 1 rings (SSSR count). The van der Waals surface area contributed by atoms with Gasteiger partial charge >= 0.3 is 7.60 Å². The smallest absolute Gasteiger partial charge is 0.359 e. The third-order valence-electron chi connectivity index (χ3n) is 3.74. The van der Waals surface area contributed by atoms with Gasteiger partial charge in [-0.25, -0.2) is 0 Å². The number of hydrogen-bond acceptors (Lipinski definition) is 6. The van der Waals surface area contributed by atoms with E-state index in [0.29, 0.717) is 0 Å². The van der Waals surface area contributed by atoms with Gasteiger partial charge in [0.1, 0.15) is 14.0 Å². The van der Waals surface area contributed by atoms with Crippen molar-refractivity contribution in [3.05, 3.63) is 0 Å².